The third kappa shape index (κ3) is 12.1. The van der Waals surface area contributed by atoms with Crippen LogP contribution in [0.3, 0.4) is 0 Å². The highest BCUT2D eigenvalue weighted by Gasteiger charge is 2.38. The van der Waals surface area contributed by atoms with Crippen LogP contribution >= 0.6 is 0 Å². The minimum atomic E-state index is -2.30. The van der Waals surface area contributed by atoms with Crippen molar-refractivity contribution in [3.63, 3.8) is 0 Å². The molecule has 0 spiro atoms. The molecule has 0 saturated carbocycles. The summed E-state index contributed by atoms with van der Waals surface area (Å²) < 4.78 is 16.9. The summed E-state index contributed by atoms with van der Waals surface area (Å²) in [5.41, 5.74) is 0. The summed E-state index contributed by atoms with van der Waals surface area (Å²) in [6, 6.07) is 0.919. The van der Waals surface area contributed by atoms with Crippen molar-refractivity contribution in [3.8, 4) is 0 Å². The number of rotatable bonds is 9. The molecule has 0 aromatic rings. The molecule has 0 radical (unpaired) electrons. The van der Waals surface area contributed by atoms with Crippen molar-refractivity contribution < 1.29 is 23.2 Å². The second-order valence-electron chi connectivity index (χ2n) is 3.57. The van der Waals surface area contributed by atoms with Crippen molar-refractivity contribution in [1.29, 1.82) is 0 Å². The van der Waals surface area contributed by atoms with Gasteiger partial charge in [-0.3, -0.25) is 0 Å². The predicted molar refractivity (Wildman–Crippen MR) is 78.2 cm³/mol. The lowest BCUT2D eigenvalue weighted by Gasteiger charge is -2.27. The molecule has 0 amide bonds. The van der Waals surface area contributed by atoms with Crippen LogP contribution in [0.4, 0.5) is 0 Å². The topological polar surface area (TPSA) is 65.0 Å². The van der Waals surface area contributed by atoms with Gasteiger partial charge in [0.15, 0.2) is 0 Å². The van der Waals surface area contributed by atoms with Gasteiger partial charge < -0.3 is 18.4 Å². The maximum absolute atomic E-state index is 9.51. The average Bonchev–Trinajstić information content (AvgIpc) is 2.31. The second-order valence-corrected chi connectivity index (χ2v) is 6.30. The van der Waals surface area contributed by atoms with E-state index in [0.29, 0.717) is 19.8 Å². The molecular formula is C13H28O5Si. The van der Waals surface area contributed by atoms with Crippen molar-refractivity contribution in [2.45, 2.75) is 47.1 Å². The lowest BCUT2D eigenvalue weighted by Crippen LogP contribution is -2.45. The molecule has 19 heavy (non-hydrogen) atoms. The molecule has 0 atom stereocenters. The van der Waals surface area contributed by atoms with Gasteiger partial charge in [0, 0.05) is 31.9 Å². The van der Waals surface area contributed by atoms with E-state index in [-0.39, 0.29) is 0 Å². The fraction of sp³-hybridized carbons (Fsp3) is 0.769. The van der Waals surface area contributed by atoms with Gasteiger partial charge in [-0.15, -0.1) is 0 Å². The number of hydrogen-bond acceptors (Lipinski definition) is 4. The Bertz CT molecular complexity index is 214. The Labute approximate surface area is 117 Å². The summed E-state index contributed by atoms with van der Waals surface area (Å²) in [7, 11) is -2.30. The Morgan fingerprint density at radius 1 is 1.05 bits per heavy atom. The zero-order valence-electron chi connectivity index (χ0n) is 12.8. The second kappa shape index (κ2) is 13.7. The largest absolute Gasteiger partial charge is 0.500 e. The smallest absolute Gasteiger partial charge is 0.478 e. The number of carboxylic acids is 1. The molecule has 1 N–H and O–H groups in total. The first-order valence-electron chi connectivity index (χ1n) is 6.79. The van der Waals surface area contributed by atoms with Crippen molar-refractivity contribution in [3.05, 3.63) is 12.2 Å². The minimum Gasteiger partial charge on any atom is -0.478 e. The van der Waals surface area contributed by atoms with E-state index in [2.05, 4.69) is 6.92 Å². The number of carboxylic acid groups (broad SMARTS) is 1. The summed E-state index contributed by atoms with van der Waals surface area (Å²) in [6.07, 6.45) is 3.61. The van der Waals surface area contributed by atoms with Crippen LogP contribution in [0.15, 0.2) is 12.2 Å². The van der Waals surface area contributed by atoms with Crippen LogP contribution in [0, 0.1) is 0 Å². The number of aliphatic carboxylic acids is 1. The summed E-state index contributed by atoms with van der Waals surface area (Å²) >= 11 is 0. The third-order valence-electron chi connectivity index (χ3n) is 1.96. The molecule has 114 valence electrons. The van der Waals surface area contributed by atoms with Crippen LogP contribution < -0.4 is 0 Å². The first kappa shape index (κ1) is 20.6. The summed E-state index contributed by atoms with van der Waals surface area (Å²) in [6.45, 7) is 11.7. The maximum Gasteiger partial charge on any atom is 0.500 e. The van der Waals surface area contributed by atoms with Gasteiger partial charge in [0.25, 0.3) is 0 Å². The van der Waals surface area contributed by atoms with E-state index < -0.39 is 14.8 Å². The highest BCUT2D eigenvalue weighted by Crippen LogP contribution is 2.17. The lowest BCUT2D eigenvalue weighted by atomic mass is 10.5. The normalized spacial score (nSPS) is 11.2. The first-order valence-corrected chi connectivity index (χ1v) is 8.72. The first-order chi connectivity index (χ1) is 9.01. The van der Waals surface area contributed by atoms with Crippen molar-refractivity contribution in [1.82, 2.24) is 0 Å². The van der Waals surface area contributed by atoms with E-state index in [4.69, 9.17) is 18.4 Å². The SMILES string of the molecule is CC=CC(=O)O.CCC[Si](OCC)(OCC)OCC. The molecule has 6 heteroatoms. The van der Waals surface area contributed by atoms with E-state index in [1.807, 2.05) is 20.8 Å². The monoisotopic (exact) mass is 292 g/mol. The van der Waals surface area contributed by atoms with E-state index in [9.17, 15) is 4.79 Å². The fourth-order valence-electron chi connectivity index (χ4n) is 1.45. The zero-order chi connectivity index (χ0) is 15.1. The molecule has 0 rings (SSSR count). The van der Waals surface area contributed by atoms with Gasteiger partial charge in [0.05, 0.1) is 0 Å². The molecule has 0 saturated heterocycles. The molecule has 0 aromatic heterocycles. The average molecular weight is 292 g/mol. The number of carbonyl (C=O) groups is 1. The van der Waals surface area contributed by atoms with Gasteiger partial charge in [0.2, 0.25) is 0 Å². The Morgan fingerprint density at radius 3 is 1.63 bits per heavy atom. The quantitative estimate of drug-likeness (QED) is 0.522. The molecule has 0 bridgehead atoms. The number of allylic oxidation sites excluding steroid dienone is 1. The maximum atomic E-state index is 9.51. The highest BCUT2D eigenvalue weighted by atomic mass is 28.4. The molecule has 0 aromatic carbocycles. The van der Waals surface area contributed by atoms with Crippen molar-refractivity contribution in [2.75, 3.05) is 19.8 Å². The molecule has 0 aliphatic heterocycles. The van der Waals surface area contributed by atoms with Crippen LogP contribution in [-0.2, 0) is 18.1 Å². The van der Waals surface area contributed by atoms with Gasteiger partial charge in [0.1, 0.15) is 0 Å². The third-order valence-corrected chi connectivity index (χ3v) is 5.26. The van der Waals surface area contributed by atoms with Gasteiger partial charge in [-0.2, -0.15) is 0 Å². The van der Waals surface area contributed by atoms with E-state index in [0.717, 1.165) is 18.5 Å². The van der Waals surface area contributed by atoms with Gasteiger partial charge in [-0.25, -0.2) is 4.79 Å². The van der Waals surface area contributed by atoms with E-state index in [1.165, 1.54) is 6.08 Å². The molecular weight excluding hydrogens is 264 g/mol. The van der Waals surface area contributed by atoms with Gasteiger partial charge in [-0.05, 0) is 27.7 Å². The van der Waals surface area contributed by atoms with Crippen LogP contribution in [-0.4, -0.2) is 39.7 Å². The minimum absolute atomic E-state index is 0.673. The van der Waals surface area contributed by atoms with Crippen LogP contribution in [0.1, 0.15) is 41.0 Å². The highest BCUT2D eigenvalue weighted by molar-refractivity contribution is 6.60. The summed E-state index contributed by atoms with van der Waals surface area (Å²) in [5.74, 6) is -0.891. The molecule has 0 unspecified atom stereocenters. The molecule has 0 fully saturated rings. The van der Waals surface area contributed by atoms with Gasteiger partial charge >= 0.3 is 14.8 Å². The predicted octanol–water partition coefficient (Wildman–Crippen LogP) is 3.09. The fourth-order valence-corrected chi connectivity index (χ4v) is 4.06. The lowest BCUT2D eigenvalue weighted by molar-refractivity contribution is -0.131. The Hall–Kier alpha value is -0.693. The standard InChI is InChI=1S/C9H22O3Si.C4H6O2/c1-5-9-13(10-6-2,11-7-3)12-8-4;1-2-3-4(5)6/h5-9H2,1-4H3;2-3H,1H3,(H,5,6). The van der Waals surface area contributed by atoms with Crippen molar-refractivity contribution in [2.24, 2.45) is 0 Å². The molecule has 0 aliphatic carbocycles. The summed E-state index contributed by atoms with van der Waals surface area (Å²) in [4.78, 5) is 9.51. The van der Waals surface area contributed by atoms with Crippen molar-refractivity contribution >= 4 is 14.8 Å². The Kier molecular flexibility index (Phi) is 14.9. The van der Waals surface area contributed by atoms with E-state index in [1.54, 1.807) is 6.92 Å². The van der Waals surface area contributed by atoms with E-state index >= 15 is 0 Å². The zero-order valence-corrected chi connectivity index (χ0v) is 13.8. The number of hydrogen-bond donors (Lipinski definition) is 1. The Morgan fingerprint density at radius 2 is 1.47 bits per heavy atom. The Balaban J connectivity index is 0. The molecule has 0 aliphatic rings. The summed E-state index contributed by atoms with van der Waals surface area (Å²) in [5, 5.41) is 7.83. The van der Waals surface area contributed by atoms with Crippen LogP contribution in [0.5, 0.6) is 0 Å². The molecule has 0 heterocycles. The van der Waals surface area contributed by atoms with Crippen LogP contribution in [0.25, 0.3) is 0 Å². The van der Waals surface area contributed by atoms with Gasteiger partial charge in [-0.1, -0.05) is 19.4 Å². The molecule has 5 nitrogen and oxygen atoms in total. The van der Waals surface area contributed by atoms with Crippen LogP contribution in [0.2, 0.25) is 6.04 Å².